The van der Waals surface area contributed by atoms with Crippen LogP contribution in [-0.2, 0) is 0 Å². The minimum Gasteiger partial charge on any atom is -0.396 e. The molecule has 0 bridgehead atoms. The highest BCUT2D eigenvalue weighted by Gasteiger charge is 2.34. The van der Waals surface area contributed by atoms with Gasteiger partial charge in [-0.2, -0.15) is 0 Å². The molecule has 1 aliphatic carbocycles. The molecule has 0 aliphatic heterocycles. The normalized spacial score (nSPS) is 22.2. The van der Waals surface area contributed by atoms with E-state index in [1.807, 2.05) is 0 Å². The van der Waals surface area contributed by atoms with Crippen LogP contribution in [0.25, 0.3) is 0 Å². The molecule has 1 rings (SSSR count). The fraction of sp³-hybridized carbons (Fsp3) is 1.00. The second-order valence-electron chi connectivity index (χ2n) is 3.62. The van der Waals surface area contributed by atoms with Crippen LogP contribution < -0.4 is 0 Å². The van der Waals surface area contributed by atoms with Crippen LogP contribution in [0.2, 0.25) is 0 Å². The molecule has 1 N–H and O–H groups in total. The SMILES string of the molecule is CCCCC1(CO)CCC1. The molecule has 0 spiro atoms. The Bertz CT molecular complexity index is 89.4. The number of unbranched alkanes of at least 4 members (excludes halogenated alkanes) is 1. The molecule has 0 aromatic rings. The van der Waals surface area contributed by atoms with E-state index in [-0.39, 0.29) is 0 Å². The summed E-state index contributed by atoms with van der Waals surface area (Å²) in [6, 6.07) is 0. The minimum absolute atomic E-state index is 0.371. The van der Waals surface area contributed by atoms with Crippen LogP contribution in [0.3, 0.4) is 0 Å². The van der Waals surface area contributed by atoms with E-state index in [9.17, 15) is 0 Å². The molecule has 0 aromatic heterocycles. The summed E-state index contributed by atoms with van der Waals surface area (Å²) in [6.07, 6.45) is 7.68. The standard InChI is InChI=1S/C9H18O/c1-2-3-5-9(8-10)6-4-7-9/h10H,2-8H2,1H3. The van der Waals surface area contributed by atoms with E-state index in [4.69, 9.17) is 5.11 Å². The fourth-order valence-electron chi connectivity index (χ4n) is 1.72. The molecule has 1 nitrogen and oxygen atoms in total. The van der Waals surface area contributed by atoms with E-state index in [0.29, 0.717) is 12.0 Å². The number of rotatable bonds is 4. The number of hydrogen-bond acceptors (Lipinski definition) is 1. The molecule has 0 heterocycles. The molecule has 0 aromatic carbocycles. The van der Waals surface area contributed by atoms with Gasteiger partial charge < -0.3 is 5.11 Å². The van der Waals surface area contributed by atoms with E-state index < -0.39 is 0 Å². The van der Waals surface area contributed by atoms with Crippen molar-refractivity contribution in [1.82, 2.24) is 0 Å². The van der Waals surface area contributed by atoms with Gasteiger partial charge in [0.25, 0.3) is 0 Å². The summed E-state index contributed by atoms with van der Waals surface area (Å²) in [6.45, 7) is 2.64. The van der Waals surface area contributed by atoms with E-state index in [1.165, 1.54) is 38.5 Å². The van der Waals surface area contributed by atoms with Crippen molar-refractivity contribution in [3.05, 3.63) is 0 Å². The number of hydrogen-bond donors (Lipinski definition) is 1. The largest absolute Gasteiger partial charge is 0.396 e. The Morgan fingerprint density at radius 3 is 2.40 bits per heavy atom. The van der Waals surface area contributed by atoms with Crippen molar-refractivity contribution in [2.45, 2.75) is 45.4 Å². The van der Waals surface area contributed by atoms with Gasteiger partial charge >= 0.3 is 0 Å². The maximum atomic E-state index is 9.06. The molecule has 1 fully saturated rings. The van der Waals surface area contributed by atoms with Gasteiger partial charge in [0.2, 0.25) is 0 Å². The highest BCUT2D eigenvalue weighted by molar-refractivity contribution is 4.86. The highest BCUT2D eigenvalue weighted by Crippen LogP contribution is 2.44. The molecule has 0 radical (unpaired) electrons. The first-order valence-electron chi connectivity index (χ1n) is 4.44. The predicted octanol–water partition coefficient (Wildman–Crippen LogP) is 2.34. The second-order valence-corrected chi connectivity index (χ2v) is 3.62. The lowest BCUT2D eigenvalue weighted by Gasteiger charge is -2.40. The van der Waals surface area contributed by atoms with E-state index in [1.54, 1.807) is 0 Å². The topological polar surface area (TPSA) is 20.2 Å². The quantitative estimate of drug-likeness (QED) is 0.638. The third-order valence-electron chi connectivity index (χ3n) is 2.81. The van der Waals surface area contributed by atoms with E-state index in [0.717, 1.165) is 0 Å². The molecule has 0 atom stereocenters. The molecule has 1 heteroatoms. The number of aliphatic hydroxyl groups excluding tert-OH is 1. The van der Waals surface area contributed by atoms with Gasteiger partial charge in [-0.05, 0) is 24.7 Å². The van der Waals surface area contributed by atoms with Crippen LogP contribution >= 0.6 is 0 Å². The molecule has 1 aliphatic rings. The predicted molar refractivity (Wildman–Crippen MR) is 42.9 cm³/mol. The molecule has 60 valence electrons. The average molecular weight is 142 g/mol. The fourth-order valence-corrected chi connectivity index (χ4v) is 1.72. The van der Waals surface area contributed by atoms with E-state index >= 15 is 0 Å². The van der Waals surface area contributed by atoms with Gasteiger partial charge in [-0.3, -0.25) is 0 Å². The molecule has 0 unspecified atom stereocenters. The van der Waals surface area contributed by atoms with Crippen LogP contribution in [0.5, 0.6) is 0 Å². The van der Waals surface area contributed by atoms with Gasteiger partial charge in [0.05, 0.1) is 0 Å². The van der Waals surface area contributed by atoms with Crippen LogP contribution in [0.15, 0.2) is 0 Å². The van der Waals surface area contributed by atoms with Crippen molar-refractivity contribution >= 4 is 0 Å². The summed E-state index contributed by atoms with van der Waals surface area (Å²) in [5, 5.41) is 9.06. The van der Waals surface area contributed by atoms with E-state index in [2.05, 4.69) is 6.92 Å². The molecule has 10 heavy (non-hydrogen) atoms. The van der Waals surface area contributed by atoms with Crippen molar-refractivity contribution in [1.29, 1.82) is 0 Å². The van der Waals surface area contributed by atoms with Crippen molar-refractivity contribution < 1.29 is 5.11 Å². The van der Waals surface area contributed by atoms with Crippen molar-refractivity contribution in [3.63, 3.8) is 0 Å². The minimum atomic E-state index is 0.371. The Morgan fingerprint density at radius 2 is 2.10 bits per heavy atom. The molecule has 1 saturated carbocycles. The Hall–Kier alpha value is -0.0400. The van der Waals surface area contributed by atoms with Gasteiger partial charge in [-0.15, -0.1) is 0 Å². The molecular formula is C9H18O. The zero-order valence-electron chi connectivity index (χ0n) is 6.90. The Balaban J connectivity index is 2.20. The lowest BCUT2D eigenvalue weighted by molar-refractivity contribution is 0.0341. The molecule has 0 saturated heterocycles. The lowest BCUT2D eigenvalue weighted by atomic mass is 9.66. The summed E-state index contributed by atoms with van der Waals surface area (Å²) in [7, 11) is 0. The Labute approximate surface area is 63.4 Å². The zero-order chi connectivity index (χ0) is 7.45. The summed E-state index contributed by atoms with van der Waals surface area (Å²) in [5.41, 5.74) is 0.371. The first kappa shape index (κ1) is 8.06. The Kier molecular flexibility index (Phi) is 2.72. The van der Waals surface area contributed by atoms with Crippen LogP contribution in [0, 0.1) is 5.41 Å². The summed E-state index contributed by atoms with van der Waals surface area (Å²) in [4.78, 5) is 0. The second kappa shape index (κ2) is 3.38. The summed E-state index contributed by atoms with van der Waals surface area (Å²) < 4.78 is 0. The number of aliphatic hydroxyl groups is 1. The summed E-state index contributed by atoms with van der Waals surface area (Å²) in [5.74, 6) is 0. The summed E-state index contributed by atoms with van der Waals surface area (Å²) >= 11 is 0. The van der Waals surface area contributed by atoms with Crippen LogP contribution in [0.4, 0.5) is 0 Å². The van der Waals surface area contributed by atoms with Gasteiger partial charge in [-0.1, -0.05) is 26.2 Å². The monoisotopic (exact) mass is 142 g/mol. The van der Waals surface area contributed by atoms with Crippen molar-refractivity contribution in [2.75, 3.05) is 6.61 Å². The van der Waals surface area contributed by atoms with Gasteiger partial charge in [0.15, 0.2) is 0 Å². The first-order valence-corrected chi connectivity index (χ1v) is 4.44. The van der Waals surface area contributed by atoms with Crippen LogP contribution in [0.1, 0.15) is 45.4 Å². The van der Waals surface area contributed by atoms with Gasteiger partial charge in [-0.25, -0.2) is 0 Å². The maximum absolute atomic E-state index is 9.06. The highest BCUT2D eigenvalue weighted by atomic mass is 16.3. The van der Waals surface area contributed by atoms with Gasteiger partial charge in [0.1, 0.15) is 0 Å². The molecule has 0 amide bonds. The van der Waals surface area contributed by atoms with Crippen molar-refractivity contribution in [2.24, 2.45) is 5.41 Å². The Morgan fingerprint density at radius 1 is 1.40 bits per heavy atom. The third kappa shape index (κ3) is 1.51. The smallest absolute Gasteiger partial charge is 0.0487 e. The van der Waals surface area contributed by atoms with Gasteiger partial charge in [0, 0.05) is 6.61 Å². The maximum Gasteiger partial charge on any atom is 0.0487 e. The lowest BCUT2D eigenvalue weighted by Crippen LogP contribution is -2.32. The molecular weight excluding hydrogens is 124 g/mol. The average Bonchev–Trinajstić information content (AvgIpc) is 1.87. The van der Waals surface area contributed by atoms with Crippen LogP contribution in [-0.4, -0.2) is 11.7 Å². The first-order chi connectivity index (χ1) is 4.83. The van der Waals surface area contributed by atoms with Crippen molar-refractivity contribution in [3.8, 4) is 0 Å². The third-order valence-corrected chi connectivity index (χ3v) is 2.81. The zero-order valence-corrected chi connectivity index (χ0v) is 6.90.